The molecule has 3 rings (SSSR count). The van der Waals surface area contributed by atoms with E-state index in [1.165, 1.54) is 6.07 Å². The summed E-state index contributed by atoms with van der Waals surface area (Å²) in [6.45, 7) is 0.586. The molecule has 0 fully saturated rings. The number of aromatic nitrogens is 2. The van der Waals surface area contributed by atoms with Gasteiger partial charge in [-0.25, -0.2) is 9.37 Å². The van der Waals surface area contributed by atoms with Crippen LogP contribution in [0.25, 0.3) is 11.4 Å². The minimum atomic E-state index is -0.274. The second-order valence-electron chi connectivity index (χ2n) is 5.20. The number of halogens is 2. The molecule has 1 heterocycles. The van der Waals surface area contributed by atoms with Crippen LogP contribution in [0.2, 0.25) is 0 Å². The van der Waals surface area contributed by atoms with Crippen LogP contribution in [-0.2, 0) is 6.54 Å². The van der Waals surface area contributed by atoms with Crippen molar-refractivity contribution in [3.63, 3.8) is 0 Å². The van der Waals surface area contributed by atoms with E-state index in [-0.39, 0.29) is 5.82 Å². The summed E-state index contributed by atoms with van der Waals surface area (Å²) in [4.78, 5) is 4.43. The summed E-state index contributed by atoms with van der Waals surface area (Å²) in [6, 6.07) is 10.7. The van der Waals surface area contributed by atoms with Crippen LogP contribution < -0.4 is 9.47 Å². The molecule has 0 saturated heterocycles. The molecular weight excluding hydrogens is 375 g/mol. The lowest BCUT2D eigenvalue weighted by Gasteiger charge is -2.12. The summed E-state index contributed by atoms with van der Waals surface area (Å²) >= 11 is 3.22. The smallest absolute Gasteiger partial charge is 0.161 e. The fraction of sp³-hybridized carbons (Fsp3) is 0.167. The van der Waals surface area contributed by atoms with Gasteiger partial charge in [-0.1, -0.05) is 6.07 Å². The van der Waals surface area contributed by atoms with Crippen LogP contribution in [-0.4, -0.2) is 23.8 Å². The third-order valence-corrected chi connectivity index (χ3v) is 4.30. The van der Waals surface area contributed by atoms with Crippen LogP contribution >= 0.6 is 15.9 Å². The van der Waals surface area contributed by atoms with Gasteiger partial charge in [0.15, 0.2) is 11.5 Å². The van der Waals surface area contributed by atoms with Crippen LogP contribution in [0.4, 0.5) is 4.39 Å². The molecule has 0 aliphatic heterocycles. The van der Waals surface area contributed by atoms with Crippen LogP contribution in [0.3, 0.4) is 0 Å². The first kappa shape index (κ1) is 16.5. The van der Waals surface area contributed by atoms with Gasteiger partial charge in [-0.15, -0.1) is 0 Å². The van der Waals surface area contributed by atoms with E-state index in [9.17, 15) is 4.39 Å². The zero-order chi connectivity index (χ0) is 17.1. The SMILES string of the molecule is COc1ccc(-c2nccn2Cc2ccc(F)c(Br)c2)cc1OC. The van der Waals surface area contributed by atoms with Crippen molar-refractivity contribution >= 4 is 15.9 Å². The first-order valence-electron chi connectivity index (χ1n) is 7.30. The van der Waals surface area contributed by atoms with Crippen molar-refractivity contribution in [3.05, 3.63) is 64.6 Å². The number of nitrogens with zero attached hydrogens (tertiary/aromatic N) is 2. The molecule has 0 spiro atoms. The Morgan fingerprint density at radius 3 is 2.58 bits per heavy atom. The average Bonchev–Trinajstić information content (AvgIpc) is 3.05. The van der Waals surface area contributed by atoms with Crippen molar-refractivity contribution in [2.75, 3.05) is 14.2 Å². The minimum Gasteiger partial charge on any atom is -0.493 e. The zero-order valence-electron chi connectivity index (χ0n) is 13.3. The van der Waals surface area contributed by atoms with Gasteiger partial charge in [-0.3, -0.25) is 0 Å². The standard InChI is InChI=1S/C18H16BrFN2O2/c1-23-16-6-4-13(10-17(16)24-2)18-21-7-8-22(18)11-12-3-5-15(20)14(19)9-12/h3-10H,11H2,1-2H3. The third-order valence-electron chi connectivity index (χ3n) is 3.69. The van der Waals surface area contributed by atoms with Gasteiger partial charge in [0.1, 0.15) is 11.6 Å². The largest absolute Gasteiger partial charge is 0.493 e. The van der Waals surface area contributed by atoms with Gasteiger partial charge in [0.2, 0.25) is 0 Å². The Hall–Kier alpha value is -2.34. The Bertz CT molecular complexity index is 864. The van der Waals surface area contributed by atoms with Gasteiger partial charge in [0.25, 0.3) is 0 Å². The minimum absolute atomic E-state index is 0.274. The Morgan fingerprint density at radius 2 is 1.88 bits per heavy atom. The van der Waals surface area contributed by atoms with Gasteiger partial charge in [-0.05, 0) is 51.8 Å². The molecule has 4 nitrogen and oxygen atoms in total. The summed E-state index contributed by atoms with van der Waals surface area (Å²) in [5.74, 6) is 1.84. The van der Waals surface area contributed by atoms with Crippen molar-refractivity contribution in [3.8, 4) is 22.9 Å². The summed E-state index contributed by atoms with van der Waals surface area (Å²) in [5.41, 5.74) is 1.89. The molecule has 0 radical (unpaired) electrons. The number of hydrogen-bond donors (Lipinski definition) is 0. The number of methoxy groups -OCH3 is 2. The van der Waals surface area contributed by atoms with Gasteiger partial charge < -0.3 is 14.0 Å². The second-order valence-corrected chi connectivity index (χ2v) is 6.05. The van der Waals surface area contributed by atoms with Gasteiger partial charge in [0.05, 0.1) is 18.7 Å². The monoisotopic (exact) mass is 390 g/mol. The molecule has 0 bridgehead atoms. The van der Waals surface area contributed by atoms with E-state index in [1.807, 2.05) is 29.0 Å². The summed E-state index contributed by atoms with van der Waals surface area (Å²) in [7, 11) is 3.20. The van der Waals surface area contributed by atoms with Crippen LogP contribution in [0, 0.1) is 5.82 Å². The van der Waals surface area contributed by atoms with E-state index >= 15 is 0 Å². The third kappa shape index (κ3) is 3.28. The number of rotatable bonds is 5. The maximum atomic E-state index is 13.4. The quantitative estimate of drug-likeness (QED) is 0.642. The lowest BCUT2D eigenvalue weighted by Crippen LogP contribution is -2.02. The van der Waals surface area contributed by atoms with Gasteiger partial charge >= 0.3 is 0 Å². The van der Waals surface area contributed by atoms with Crippen LogP contribution in [0.5, 0.6) is 11.5 Å². The van der Waals surface area contributed by atoms with E-state index in [4.69, 9.17) is 9.47 Å². The summed E-state index contributed by atoms with van der Waals surface area (Å²) in [5, 5.41) is 0. The van der Waals surface area contributed by atoms with E-state index in [0.717, 1.165) is 17.0 Å². The molecule has 6 heteroatoms. The molecule has 0 atom stereocenters. The number of ether oxygens (including phenoxy) is 2. The fourth-order valence-electron chi connectivity index (χ4n) is 2.51. The van der Waals surface area contributed by atoms with E-state index in [2.05, 4.69) is 20.9 Å². The van der Waals surface area contributed by atoms with Crippen molar-refractivity contribution in [2.45, 2.75) is 6.54 Å². The number of benzene rings is 2. The zero-order valence-corrected chi connectivity index (χ0v) is 14.9. The molecule has 0 aliphatic carbocycles. The highest BCUT2D eigenvalue weighted by Gasteiger charge is 2.11. The predicted octanol–water partition coefficient (Wildman–Crippen LogP) is 4.52. The lowest BCUT2D eigenvalue weighted by molar-refractivity contribution is 0.355. The summed E-state index contributed by atoms with van der Waals surface area (Å²) < 4.78 is 26.5. The van der Waals surface area contributed by atoms with E-state index < -0.39 is 0 Å². The Balaban J connectivity index is 1.94. The van der Waals surface area contributed by atoms with E-state index in [0.29, 0.717) is 22.5 Å². The van der Waals surface area contributed by atoms with Gasteiger partial charge in [-0.2, -0.15) is 0 Å². The molecule has 0 saturated carbocycles. The molecule has 0 N–H and O–H groups in total. The molecule has 2 aromatic carbocycles. The molecule has 24 heavy (non-hydrogen) atoms. The molecular formula is C18H16BrFN2O2. The molecule has 0 unspecified atom stereocenters. The first-order chi connectivity index (χ1) is 11.6. The average molecular weight is 391 g/mol. The lowest BCUT2D eigenvalue weighted by atomic mass is 10.1. The van der Waals surface area contributed by atoms with Crippen LogP contribution in [0.15, 0.2) is 53.3 Å². The van der Waals surface area contributed by atoms with Crippen LogP contribution in [0.1, 0.15) is 5.56 Å². The van der Waals surface area contributed by atoms with Gasteiger partial charge in [0, 0.05) is 24.5 Å². The Kier molecular flexibility index (Phi) is 4.85. The van der Waals surface area contributed by atoms with Crippen molar-refractivity contribution < 1.29 is 13.9 Å². The first-order valence-corrected chi connectivity index (χ1v) is 8.09. The molecule has 0 aliphatic rings. The highest BCUT2D eigenvalue weighted by Crippen LogP contribution is 2.32. The Morgan fingerprint density at radius 1 is 1.08 bits per heavy atom. The fourth-order valence-corrected chi connectivity index (χ4v) is 2.93. The predicted molar refractivity (Wildman–Crippen MR) is 94.0 cm³/mol. The number of hydrogen-bond acceptors (Lipinski definition) is 3. The second kappa shape index (κ2) is 7.05. The van der Waals surface area contributed by atoms with Crippen molar-refractivity contribution in [1.82, 2.24) is 9.55 Å². The van der Waals surface area contributed by atoms with Crippen molar-refractivity contribution in [1.29, 1.82) is 0 Å². The van der Waals surface area contributed by atoms with Crippen molar-refractivity contribution in [2.24, 2.45) is 0 Å². The number of imidazole rings is 1. The maximum Gasteiger partial charge on any atom is 0.161 e. The highest BCUT2D eigenvalue weighted by atomic mass is 79.9. The normalized spacial score (nSPS) is 10.7. The highest BCUT2D eigenvalue weighted by molar-refractivity contribution is 9.10. The topological polar surface area (TPSA) is 36.3 Å². The maximum absolute atomic E-state index is 13.4. The molecule has 0 amide bonds. The summed E-state index contributed by atoms with van der Waals surface area (Å²) in [6.07, 6.45) is 3.63. The Labute approximate surface area is 148 Å². The van der Waals surface area contributed by atoms with E-state index in [1.54, 1.807) is 32.5 Å². The molecule has 3 aromatic rings. The molecule has 1 aromatic heterocycles. The molecule has 124 valence electrons.